The van der Waals surface area contributed by atoms with Crippen LogP contribution in [0.1, 0.15) is 10.4 Å². The fourth-order valence-corrected chi connectivity index (χ4v) is 3.97. The number of nitro benzene ring substituents is 2. The third kappa shape index (κ3) is 5.20. The minimum absolute atomic E-state index is 0.00992. The van der Waals surface area contributed by atoms with Gasteiger partial charge in [0.25, 0.3) is 11.6 Å². The molecule has 0 fully saturated rings. The Kier molecular flexibility index (Phi) is 7.44. The van der Waals surface area contributed by atoms with Crippen LogP contribution in [0, 0.1) is 20.2 Å². The van der Waals surface area contributed by atoms with E-state index in [1.54, 1.807) is 30.3 Å². The van der Waals surface area contributed by atoms with E-state index in [1.165, 1.54) is 44.6 Å². The molecule has 0 atom stereocenters. The van der Waals surface area contributed by atoms with E-state index in [0.717, 1.165) is 6.07 Å². The number of anilines is 1. The summed E-state index contributed by atoms with van der Waals surface area (Å²) in [6.07, 6.45) is 0. The Labute approximate surface area is 219 Å². The Bertz CT molecular complexity index is 1620. The summed E-state index contributed by atoms with van der Waals surface area (Å²) in [6.45, 7) is 0. The number of non-ortho nitro benzene ring substituents is 1. The molecule has 0 unspecified atom stereocenters. The molecule has 0 aromatic heterocycles. The van der Waals surface area contributed by atoms with Crippen molar-refractivity contribution >= 4 is 56.7 Å². The van der Waals surface area contributed by atoms with Gasteiger partial charge in [-0.15, -0.1) is 10.2 Å². The summed E-state index contributed by atoms with van der Waals surface area (Å²) in [5, 5.41) is 34.9. The van der Waals surface area contributed by atoms with E-state index in [1.807, 2.05) is 0 Å². The third-order valence-electron chi connectivity index (χ3n) is 5.41. The van der Waals surface area contributed by atoms with E-state index < -0.39 is 21.4 Å². The van der Waals surface area contributed by atoms with Crippen LogP contribution in [0.25, 0.3) is 10.8 Å². The minimum Gasteiger partial charge on any atom is -0.494 e. The number of ether oxygens (including phenoxy) is 2. The van der Waals surface area contributed by atoms with E-state index in [2.05, 4.69) is 15.5 Å². The Hall–Kier alpha value is -5.10. The van der Waals surface area contributed by atoms with Gasteiger partial charge in [-0.2, -0.15) is 0 Å². The van der Waals surface area contributed by atoms with E-state index >= 15 is 0 Å². The van der Waals surface area contributed by atoms with Gasteiger partial charge in [0, 0.05) is 34.3 Å². The summed E-state index contributed by atoms with van der Waals surface area (Å²) in [5.41, 5.74) is -0.138. The van der Waals surface area contributed by atoms with Gasteiger partial charge in [0.15, 0.2) is 5.75 Å². The molecule has 0 heterocycles. The lowest BCUT2D eigenvalue weighted by atomic mass is 10.0. The van der Waals surface area contributed by atoms with Crippen molar-refractivity contribution in [1.29, 1.82) is 0 Å². The second-order valence-electron chi connectivity index (χ2n) is 7.72. The van der Waals surface area contributed by atoms with Gasteiger partial charge in [-0.25, -0.2) is 0 Å². The molecule has 192 valence electrons. The Morgan fingerprint density at radius 2 is 1.63 bits per heavy atom. The third-order valence-corrected chi connectivity index (χ3v) is 5.63. The van der Waals surface area contributed by atoms with Crippen LogP contribution < -0.4 is 14.8 Å². The molecule has 0 aliphatic rings. The number of nitrogens with one attached hydrogen (secondary N) is 1. The molecule has 0 bridgehead atoms. The van der Waals surface area contributed by atoms with Crippen molar-refractivity contribution in [1.82, 2.24) is 0 Å². The zero-order chi connectivity index (χ0) is 27.4. The molecule has 38 heavy (non-hydrogen) atoms. The van der Waals surface area contributed by atoms with Crippen molar-refractivity contribution in [3.05, 3.63) is 97.5 Å². The Balaban J connectivity index is 1.85. The monoisotopic (exact) mass is 535 g/mol. The molecule has 1 N–H and O–H groups in total. The quantitative estimate of drug-likeness (QED) is 0.144. The number of fused-ring (bicyclic) bond motifs is 1. The predicted molar refractivity (Wildman–Crippen MR) is 140 cm³/mol. The van der Waals surface area contributed by atoms with Crippen LogP contribution in [0.3, 0.4) is 0 Å². The van der Waals surface area contributed by atoms with Crippen molar-refractivity contribution in [2.45, 2.75) is 0 Å². The molecular formula is C25H18ClN5O7. The first-order chi connectivity index (χ1) is 18.2. The maximum Gasteiger partial charge on any atom is 0.314 e. The number of hydrogen-bond donors (Lipinski definition) is 1. The highest BCUT2D eigenvalue weighted by atomic mass is 35.5. The molecule has 4 rings (SSSR count). The summed E-state index contributed by atoms with van der Waals surface area (Å²) in [5.74, 6) is -0.697. The van der Waals surface area contributed by atoms with Crippen LogP contribution >= 0.6 is 11.6 Å². The summed E-state index contributed by atoms with van der Waals surface area (Å²) >= 11 is 6.05. The maximum atomic E-state index is 13.3. The number of nitro groups is 2. The van der Waals surface area contributed by atoms with Gasteiger partial charge in [-0.1, -0.05) is 41.9 Å². The average Bonchev–Trinajstić information content (AvgIpc) is 2.90. The summed E-state index contributed by atoms with van der Waals surface area (Å²) in [6, 6.07) is 16.6. The van der Waals surface area contributed by atoms with Gasteiger partial charge in [0.2, 0.25) is 5.75 Å². The van der Waals surface area contributed by atoms with Crippen molar-refractivity contribution in [2.75, 3.05) is 19.5 Å². The number of hydrogen-bond acceptors (Lipinski definition) is 9. The van der Waals surface area contributed by atoms with Crippen LogP contribution in [-0.2, 0) is 0 Å². The van der Waals surface area contributed by atoms with E-state index in [9.17, 15) is 25.0 Å². The standard InChI is InChI=1S/C25H18ClN5O7/c1-37-23-19(25(32)27-16-7-5-8-17(13-16)30(33)34)10-14-6-3-4-9-18(14)22(23)29-28-20-11-15(26)12-21(31(35)36)24(20)38-2/h3-13H,1-2H3,(H,27,32). The highest BCUT2D eigenvalue weighted by Gasteiger charge is 2.23. The molecule has 0 radical (unpaired) electrons. The number of benzene rings is 4. The molecule has 12 nitrogen and oxygen atoms in total. The lowest BCUT2D eigenvalue weighted by Crippen LogP contribution is -2.13. The van der Waals surface area contributed by atoms with Crippen molar-refractivity contribution in [3.63, 3.8) is 0 Å². The zero-order valence-corrected chi connectivity index (χ0v) is 20.6. The highest BCUT2D eigenvalue weighted by molar-refractivity contribution is 6.31. The Morgan fingerprint density at radius 1 is 0.895 bits per heavy atom. The largest absolute Gasteiger partial charge is 0.494 e. The molecular weight excluding hydrogens is 518 g/mol. The molecule has 0 aliphatic carbocycles. The first-order valence-corrected chi connectivity index (χ1v) is 11.2. The smallest absolute Gasteiger partial charge is 0.314 e. The van der Waals surface area contributed by atoms with Gasteiger partial charge < -0.3 is 14.8 Å². The van der Waals surface area contributed by atoms with Crippen LogP contribution in [0.2, 0.25) is 5.02 Å². The molecule has 1 amide bonds. The maximum absolute atomic E-state index is 13.3. The number of methoxy groups -OCH3 is 2. The molecule has 0 spiro atoms. The van der Waals surface area contributed by atoms with Gasteiger partial charge in [0.1, 0.15) is 11.4 Å². The highest BCUT2D eigenvalue weighted by Crippen LogP contribution is 2.44. The lowest BCUT2D eigenvalue weighted by molar-refractivity contribution is -0.385. The SMILES string of the molecule is COc1c(N=Nc2c(OC)c(C(=O)Nc3cccc([N+](=O)[O-])c3)cc3ccccc23)cc(Cl)cc1[N+](=O)[O-]. The fraction of sp³-hybridized carbons (Fsp3) is 0.0800. The summed E-state index contributed by atoms with van der Waals surface area (Å²) < 4.78 is 10.7. The number of amides is 1. The zero-order valence-electron chi connectivity index (χ0n) is 19.9. The predicted octanol–water partition coefficient (Wildman–Crippen LogP) is 6.99. The van der Waals surface area contributed by atoms with Crippen LogP contribution in [0.5, 0.6) is 11.5 Å². The first kappa shape index (κ1) is 26.0. The number of halogens is 1. The number of carbonyl (C=O) groups is 1. The van der Waals surface area contributed by atoms with Crippen molar-refractivity contribution < 1.29 is 24.1 Å². The molecule has 0 aliphatic heterocycles. The van der Waals surface area contributed by atoms with E-state index in [0.29, 0.717) is 10.8 Å². The number of rotatable bonds is 8. The lowest BCUT2D eigenvalue weighted by Gasteiger charge is -2.14. The van der Waals surface area contributed by atoms with Crippen LogP contribution in [-0.4, -0.2) is 30.0 Å². The summed E-state index contributed by atoms with van der Waals surface area (Å²) in [7, 11) is 2.60. The second kappa shape index (κ2) is 10.9. The average molecular weight is 536 g/mol. The van der Waals surface area contributed by atoms with Crippen molar-refractivity contribution in [3.8, 4) is 11.5 Å². The number of nitrogens with zero attached hydrogens (tertiary/aromatic N) is 4. The molecule has 4 aromatic rings. The molecule has 13 heteroatoms. The first-order valence-electron chi connectivity index (χ1n) is 10.8. The minimum atomic E-state index is -0.654. The number of azo groups is 1. The molecule has 0 saturated heterocycles. The normalized spacial score (nSPS) is 10.9. The van der Waals surface area contributed by atoms with E-state index in [-0.39, 0.29) is 44.8 Å². The van der Waals surface area contributed by atoms with Gasteiger partial charge >= 0.3 is 5.69 Å². The topological polar surface area (TPSA) is 159 Å². The summed E-state index contributed by atoms with van der Waals surface area (Å²) in [4.78, 5) is 34.6. The van der Waals surface area contributed by atoms with Gasteiger partial charge in [-0.05, 0) is 23.6 Å². The molecule has 4 aromatic carbocycles. The Morgan fingerprint density at radius 3 is 2.32 bits per heavy atom. The molecule has 0 saturated carbocycles. The van der Waals surface area contributed by atoms with Crippen LogP contribution in [0.15, 0.2) is 77.0 Å². The van der Waals surface area contributed by atoms with Crippen LogP contribution in [0.4, 0.5) is 28.4 Å². The fourth-order valence-electron chi connectivity index (χ4n) is 3.77. The van der Waals surface area contributed by atoms with Gasteiger partial charge in [-0.3, -0.25) is 25.0 Å². The van der Waals surface area contributed by atoms with Crippen molar-refractivity contribution in [2.24, 2.45) is 10.2 Å². The van der Waals surface area contributed by atoms with Gasteiger partial charge in [0.05, 0.1) is 29.6 Å². The second-order valence-corrected chi connectivity index (χ2v) is 8.16. The number of carbonyl (C=O) groups excluding carboxylic acids is 1. The van der Waals surface area contributed by atoms with E-state index in [4.69, 9.17) is 21.1 Å².